The number of hydrogen-bond acceptors (Lipinski definition) is 22. The van der Waals surface area contributed by atoms with Crippen molar-refractivity contribution in [2.45, 2.75) is 97.2 Å². The number of imidazole rings is 6. The number of amides is 1. The number of aryl methyl sites for hydroxylation is 8. The number of fused-ring (bicyclic) bond motifs is 4. The molecule has 0 N–H and O–H groups in total. The number of nitrogens with zero attached hydrogens (tertiary/aromatic N) is 26. The quantitative estimate of drug-likeness (QED) is 0.0537. The Balaban J connectivity index is 0.000000136. The molecule has 20 rings (SSSR count). The fraction of sp³-hybridized carbons (Fsp3) is 0.230. The van der Waals surface area contributed by atoms with Gasteiger partial charge in [-0.25, -0.2) is 79.2 Å². The Kier molecular flexibility index (Phi) is 28.5. The van der Waals surface area contributed by atoms with Crippen molar-refractivity contribution in [1.29, 1.82) is 0 Å². The van der Waals surface area contributed by atoms with Crippen LogP contribution in [0.2, 0.25) is 0 Å². The van der Waals surface area contributed by atoms with E-state index in [2.05, 4.69) is 124 Å². The highest BCUT2D eigenvalue weighted by molar-refractivity contribution is 6.00. The Bertz CT molecular complexity index is 8160. The maximum absolute atomic E-state index is 13.0. The summed E-state index contributed by atoms with van der Waals surface area (Å²) in [6.45, 7) is -0.748. The van der Waals surface area contributed by atoms with Crippen LogP contribution in [0.5, 0.6) is 17.5 Å². The number of halogens is 16. The van der Waals surface area contributed by atoms with Crippen molar-refractivity contribution in [1.82, 2.24) is 121 Å². The van der Waals surface area contributed by atoms with E-state index in [0.717, 1.165) is 57.8 Å². The third-order valence-electron chi connectivity index (χ3n) is 23.7. The molecule has 149 heavy (non-hydrogen) atoms. The number of rotatable bonds is 23. The molecular weight excluding hydrogens is 1980 g/mol. The van der Waals surface area contributed by atoms with E-state index in [-0.39, 0.29) is 123 Å². The molecule has 1 aliphatic heterocycles. The highest BCUT2D eigenvalue weighted by Gasteiger charge is 2.39. The van der Waals surface area contributed by atoms with Crippen molar-refractivity contribution in [3.63, 3.8) is 0 Å². The van der Waals surface area contributed by atoms with Crippen LogP contribution < -0.4 is 36.2 Å². The normalized spacial score (nSPS) is 12.3. The molecule has 1 amide bonds. The first kappa shape index (κ1) is 103. The van der Waals surface area contributed by atoms with Crippen LogP contribution in [0.1, 0.15) is 75.9 Å². The lowest BCUT2D eigenvalue weighted by Gasteiger charge is -2.18. The van der Waals surface area contributed by atoms with Gasteiger partial charge in [-0.15, -0.1) is 0 Å². The second-order valence-electron chi connectivity index (χ2n) is 34.4. The summed E-state index contributed by atoms with van der Waals surface area (Å²) < 4.78 is 235. The van der Waals surface area contributed by atoms with Crippen molar-refractivity contribution in [3.05, 3.63) is 314 Å². The Labute approximate surface area is 831 Å². The van der Waals surface area contributed by atoms with E-state index in [1.165, 1.54) is 143 Å². The van der Waals surface area contributed by atoms with Crippen molar-refractivity contribution >= 4 is 45.2 Å². The van der Waals surface area contributed by atoms with Crippen LogP contribution in [-0.2, 0) is 105 Å². The molecule has 5 aromatic carbocycles. The van der Waals surface area contributed by atoms with Gasteiger partial charge in [-0.2, -0.15) is 75.3 Å². The highest BCUT2D eigenvalue weighted by atomic mass is 19.4. The van der Waals surface area contributed by atoms with Gasteiger partial charge in [-0.05, 0) is 89.2 Å². The van der Waals surface area contributed by atoms with E-state index in [1.807, 2.05) is 30.1 Å². The second-order valence-corrected chi connectivity index (χ2v) is 34.4. The third-order valence-corrected chi connectivity index (χ3v) is 23.7. The monoisotopic (exact) mass is 2060 g/mol. The van der Waals surface area contributed by atoms with Crippen molar-refractivity contribution in [2.75, 3.05) is 11.5 Å². The first-order valence-electron chi connectivity index (χ1n) is 44.9. The standard InChI is InChI=1S/C26H26N6O.C25H19F6N7O2.C25H19F5N6O2.C24H18F5N7O2/c1-16(2)23-21(6-5-11-27-23)25-28-13-20-12-22(33)32(26(20)29-25)15-18-7-9-19(10-8-18)24-17(3)14-31(4)30-24;1-36-12-18(25(29,30)31)34-20(36)15-7-5-14(6-8-15)11-38-21-17(37(2)23(38)39)10-33-19(35-21)16-4-3-9-32-22(16)40-13-24(26,27)28;1-34-13-19(25(28,29)30)32-21(34)15-9-7-14(8-10-15)12-36-22-17(35(2)24(36)37)11-31-20(33-22)16-5-3-4-6-18(16)38-23(26)27;1-34-12-17(24(27,28)29)32-19(34)14-7-5-13(6-8-14)11-36-20-16(35(2)23(36)37)10-31-18(33-20)15-4-3-9-30-21(15)38-22(25)26/h5-11,13-14,16H,12,15H2,1-4H3;3-10,12H,11,13H2,1-2H3;3-11,13,23H,12H2,1-2H3;3-10,12,22H,11H2,1-2H3. The van der Waals surface area contributed by atoms with E-state index in [9.17, 15) is 89.4 Å². The average Bonchev–Trinajstić information content (AvgIpc) is 1.62. The largest absolute Gasteiger partial charge is 0.467 e. The van der Waals surface area contributed by atoms with Gasteiger partial charge in [0.05, 0.1) is 79.3 Å². The minimum absolute atomic E-state index is 0.00252. The summed E-state index contributed by atoms with van der Waals surface area (Å²) in [5.74, 6) is 1.34. The van der Waals surface area contributed by atoms with E-state index >= 15 is 0 Å². The van der Waals surface area contributed by atoms with Gasteiger partial charge in [0.2, 0.25) is 17.7 Å². The molecule has 33 nitrogen and oxygen atoms in total. The Hall–Kier alpha value is -17.7. The van der Waals surface area contributed by atoms with Crippen LogP contribution in [0.4, 0.5) is 76.1 Å². The van der Waals surface area contributed by atoms with Gasteiger partial charge < -0.3 is 27.9 Å². The zero-order valence-electron chi connectivity index (χ0n) is 79.9. The summed E-state index contributed by atoms with van der Waals surface area (Å²) >= 11 is 0. The first-order chi connectivity index (χ1) is 70.8. The molecule has 0 unspecified atom stereocenters. The summed E-state index contributed by atoms with van der Waals surface area (Å²) in [6.07, 6.45) is -2.88. The molecule has 0 aliphatic carbocycles. The van der Waals surface area contributed by atoms with Gasteiger partial charge in [0.25, 0.3) is 0 Å². The molecule has 0 radical (unpaired) electrons. The number of aromatic nitrogens is 25. The van der Waals surface area contributed by atoms with E-state index in [0.29, 0.717) is 74.5 Å². The molecule has 14 aromatic heterocycles. The lowest BCUT2D eigenvalue weighted by Crippen LogP contribution is -2.26. The first-order valence-corrected chi connectivity index (χ1v) is 44.9. The van der Waals surface area contributed by atoms with Crippen molar-refractivity contribution in [3.8, 4) is 108 Å². The van der Waals surface area contributed by atoms with Crippen molar-refractivity contribution in [2.24, 2.45) is 49.3 Å². The summed E-state index contributed by atoms with van der Waals surface area (Å²) in [4.78, 5) is 112. The smallest absolute Gasteiger partial charge is 0.434 e. The zero-order chi connectivity index (χ0) is 106. The number of alkyl halides is 16. The molecule has 0 spiro atoms. The number of pyridine rings is 3. The number of para-hydroxylation sites is 1. The molecule has 0 saturated carbocycles. The number of ether oxygens (including phenoxy) is 3. The highest BCUT2D eigenvalue weighted by Crippen LogP contribution is 2.40. The van der Waals surface area contributed by atoms with Crippen LogP contribution >= 0.6 is 0 Å². The second kappa shape index (κ2) is 41.4. The van der Waals surface area contributed by atoms with Gasteiger partial charge in [-0.1, -0.05) is 123 Å². The Morgan fingerprint density at radius 1 is 0.383 bits per heavy atom. The predicted molar refractivity (Wildman–Crippen MR) is 511 cm³/mol. The minimum atomic E-state index is -4.58. The number of carbonyl (C=O) groups is 1. The van der Waals surface area contributed by atoms with Crippen LogP contribution in [0, 0.1) is 6.92 Å². The van der Waals surface area contributed by atoms with Crippen LogP contribution in [0.25, 0.3) is 124 Å². The van der Waals surface area contributed by atoms with Gasteiger partial charge in [-0.3, -0.25) is 46.8 Å². The number of carbonyl (C=O) groups excluding carboxylic acids is 1. The predicted octanol–water partition coefficient (Wildman–Crippen LogP) is 18.2. The lowest BCUT2D eigenvalue weighted by atomic mass is 10.0. The van der Waals surface area contributed by atoms with E-state index in [1.54, 1.807) is 110 Å². The molecular formula is C100H82F16N26O7. The molecule has 19 aromatic rings. The molecule has 0 bridgehead atoms. The summed E-state index contributed by atoms with van der Waals surface area (Å²) in [6, 6.07) is 43.7. The fourth-order valence-electron chi connectivity index (χ4n) is 16.5. The molecule has 766 valence electrons. The van der Waals surface area contributed by atoms with Gasteiger partial charge >= 0.3 is 55.0 Å². The van der Waals surface area contributed by atoms with Gasteiger partial charge in [0, 0.05) is 132 Å². The van der Waals surface area contributed by atoms with Crippen LogP contribution in [-0.4, -0.2) is 153 Å². The lowest BCUT2D eigenvalue weighted by molar-refractivity contribution is -0.154. The molecule has 0 fully saturated rings. The van der Waals surface area contributed by atoms with Crippen LogP contribution in [0.15, 0.2) is 240 Å². The summed E-state index contributed by atoms with van der Waals surface area (Å²) in [7, 11) is 11.0. The Morgan fingerprint density at radius 3 is 1.15 bits per heavy atom. The summed E-state index contributed by atoms with van der Waals surface area (Å²) in [5, 5.41) is 4.54. The number of hydrogen-bond donors (Lipinski definition) is 0. The molecule has 1 aliphatic rings. The average molecular weight is 2060 g/mol. The minimum Gasteiger partial charge on any atom is -0.467 e. The van der Waals surface area contributed by atoms with E-state index in [4.69, 9.17) is 9.72 Å². The van der Waals surface area contributed by atoms with Gasteiger partial charge in [0.1, 0.15) is 45.6 Å². The topological polar surface area (TPSA) is 342 Å². The molecule has 0 saturated heterocycles. The molecule has 0 atom stereocenters. The fourth-order valence-corrected chi connectivity index (χ4v) is 16.5. The number of benzene rings is 5. The number of anilines is 1. The van der Waals surface area contributed by atoms with Gasteiger partial charge in [0.15, 0.2) is 63.9 Å². The molecule has 49 heteroatoms. The molecule has 15 heterocycles. The maximum atomic E-state index is 13.0. The maximum Gasteiger partial charge on any atom is 0.434 e. The van der Waals surface area contributed by atoms with E-state index < -0.39 is 73.0 Å². The SMILES string of the molecule is Cc1cn(C)nc1-c1ccc(CN2C(=O)Cc3cnc(-c4cccnc4C(C)C)nc32)cc1.Cn1cc(C(F)(F)F)nc1-c1ccc(Cn2c(=O)n(C)c3cnc(-c4ccccc4OC(F)F)nc32)cc1.Cn1cc(C(F)(F)F)nc1-c1ccc(Cn2c(=O)n(C)c3cnc(-c4cccnc4OC(F)F)nc32)cc1.Cn1cc(C(F)(F)F)nc1-c1ccc(Cn2c(=O)n(C)c3cnc(-c4cccnc4OCC(F)(F)F)nc32)cc1. The van der Waals surface area contributed by atoms with Crippen LogP contribution in [0.3, 0.4) is 0 Å². The third kappa shape index (κ3) is 22.3. The Morgan fingerprint density at radius 2 is 0.752 bits per heavy atom. The zero-order valence-corrected chi connectivity index (χ0v) is 79.9. The van der Waals surface area contributed by atoms with Crippen molar-refractivity contribution < 1.29 is 89.3 Å². The summed E-state index contributed by atoms with van der Waals surface area (Å²) in [5.41, 5.74) is 8.49.